The fraction of sp³-hybridized carbons (Fsp3) is 0.200. The predicted molar refractivity (Wildman–Crippen MR) is 48.4 cm³/mol. The molecule has 1 unspecified atom stereocenters. The largest absolute Gasteiger partial charge is 0.507 e. The van der Waals surface area contributed by atoms with Crippen LogP contribution in [0.15, 0.2) is 23.8 Å². The maximum Gasteiger partial charge on any atom is 0.220 e. The van der Waals surface area contributed by atoms with Gasteiger partial charge in [0.15, 0.2) is 0 Å². The van der Waals surface area contributed by atoms with Gasteiger partial charge in [-0.15, -0.1) is 0 Å². The van der Waals surface area contributed by atoms with E-state index in [2.05, 4.69) is 0 Å². The summed E-state index contributed by atoms with van der Waals surface area (Å²) in [6.45, 7) is 1.75. The maximum atomic E-state index is 9.45. The number of aliphatic hydroxyl groups is 1. The van der Waals surface area contributed by atoms with Crippen LogP contribution in [0.5, 0.6) is 11.5 Å². The standard InChI is InChI=1S/C10H10O3/c1-6-5-7-8(11)3-2-4-9(7)13-10(6)12/h2-5,10-12H,1H3. The molecule has 1 aromatic rings. The first-order valence-corrected chi connectivity index (χ1v) is 4.03. The minimum absolute atomic E-state index is 0.170. The zero-order chi connectivity index (χ0) is 9.42. The Labute approximate surface area is 75.9 Å². The number of rotatable bonds is 0. The minimum Gasteiger partial charge on any atom is -0.507 e. The van der Waals surface area contributed by atoms with Gasteiger partial charge in [-0.05, 0) is 30.7 Å². The van der Waals surface area contributed by atoms with E-state index in [4.69, 9.17) is 4.74 Å². The highest BCUT2D eigenvalue weighted by molar-refractivity contribution is 5.67. The maximum absolute atomic E-state index is 9.45. The molecule has 0 saturated carbocycles. The smallest absolute Gasteiger partial charge is 0.220 e. The van der Waals surface area contributed by atoms with Crippen molar-refractivity contribution in [3.63, 3.8) is 0 Å². The summed E-state index contributed by atoms with van der Waals surface area (Å²) in [6.07, 6.45) is 0.827. The van der Waals surface area contributed by atoms with Gasteiger partial charge in [0, 0.05) is 0 Å². The second kappa shape index (κ2) is 2.78. The molecule has 2 rings (SSSR count). The fourth-order valence-corrected chi connectivity index (χ4v) is 1.29. The van der Waals surface area contributed by atoms with Crippen LogP contribution in [-0.4, -0.2) is 16.5 Å². The van der Waals surface area contributed by atoms with E-state index in [1.54, 1.807) is 31.2 Å². The first-order valence-electron chi connectivity index (χ1n) is 4.03. The van der Waals surface area contributed by atoms with E-state index in [1.807, 2.05) is 0 Å². The lowest BCUT2D eigenvalue weighted by Gasteiger charge is -2.21. The van der Waals surface area contributed by atoms with Crippen molar-refractivity contribution < 1.29 is 14.9 Å². The molecule has 0 bridgehead atoms. The Hall–Kier alpha value is -1.48. The molecule has 1 heterocycles. The average molecular weight is 178 g/mol. The van der Waals surface area contributed by atoms with Crippen LogP contribution in [0, 0.1) is 0 Å². The van der Waals surface area contributed by atoms with Gasteiger partial charge < -0.3 is 14.9 Å². The Kier molecular flexibility index (Phi) is 1.74. The Balaban J connectivity index is 2.57. The molecule has 0 spiro atoms. The summed E-state index contributed by atoms with van der Waals surface area (Å²) in [4.78, 5) is 0. The fourth-order valence-electron chi connectivity index (χ4n) is 1.29. The molecule has 1 aliphatic heterocycles. The number of phenols is 1. The predicted octanol–water partition coefficient (Wildman–Crippen LogP) is 1.51. The number of aromatic hydroxyl groups is 1. The topological polar surface area (TPSA) is 49.7 Å². The molecule has 0 fully saturated rings. The van der Waals surface area contributed by atoms with Gasteiger partial charge in [-0.2, -0.15) is 0 Å². The van der Waals surface area contributed by atoms with E-state index in [-0.39, 0.29) is 5.75 Å². The molecular formula is C10H10O3. The number of phenolic OH excluding ortho intramolecular Hbond substituents is 1. The molecule has 1 aliphatic rings. The Bertz CT molecular complexity index is 368. The Morgan fingerprint density at radius 2 is 2.15 bits per heavy atom. The summed E-state index contributed by atoms with van der Waals surface area (Å²) in [7, 11) is 0. The zero-order valence-corrected chi connectivity index (χ0v) is 7.19. The van der Waals surface area contributed by atoms with Crippen molar-refractivity contribution in [1.29, 1.82) is 0 Å². The van der Waals surface area contributed by atoms with Gasteiger partial charge in [0.05, 0.1) is 5.56 Å². The molecule has 0 aromatic heterocycles. The van der Waals surface area contributed by atoms with E-state index in [0.717, 1.165) is 0 Å². The molecule has 68 valence electrons. The van der Waals surface area contributed by atoms with Crippen LogP contribution in [0.2, 0.25) is 0 Å². The highest BCUT2D eigenvalue weighted by Crippen LogP contribution is 2.34. The number of benzene rings is 1. The molecule has 0 radical (unpaired) electrons. The molecule has 3 heteroatoms. The number of hydrogen-bond acceptors (Lipinski definition) is 3. The van der Waals surface area contributed by atoms with Gasteiger partial charge >= 0.3 is 0 Å². The van der Waals surface area contributed by atoms with Gasteiger partial charge in [0.2, 0.25) is 6.29 Å². The molecule has 0 saturated heterocycles. The number of fused-ring (bicyclic) bond motifs is 1. The van der Waals surface area contributed by atoms with Crippen LogP contribution in [-0.2, 0) is 0 Å². The van der Waals surface area contributed by atoms with E-state index in [0.29, 0.717) is 16.9 Å². The molecule has 1 atom stereocenters. The quantitative estimate of drug-likeness (QED) is 0.633. The van der Waals surface area contributed by atoms with Gasteiger partial charge in [-0.3, -0.25) is 0 Å². The van der Waals surface area contributed by atoms with Gasteiger partial charge in [0.1, 0.15) is 11.5 Å². The Morgan fingerprint density at radius 1 is 1.38 bits per heavy atom. The van der Waals surface area contributed by atoms with Crippen molar-refractivity contribution in [3.05, 3.63) is 29.3 Å². The van der Waals surface area contributed by atoms with Crippen molar-refractivity contribution in [2.45, 2.75) is 13.2 Å². The molecule has 0 aliphatic carbocycles. The van der Waals surface area contributed by atoms with Gasteiger partial charge in [-0.25, -0.2) is 0 Å². The van der Waals surface area contributed by atoms with Crippen LogP contribution < -0.4 is 4.74 Å². The van der Waals surface area contributed by atoms with Gasteiger partial charge in [0.25, 0.3) is 0 Å². The summed E-state index contributed by atoms with van der Waals surface area (Å²) < 4.78 is 5.15. The van der Waals surface area contributed by atoms with Crippen molar-refractivity contribution in [3.8, 4) is 11.5 Å². The van der Waals surface area contributed by atoms with Crippen LogP contribution >= 0.6 is 0 Å². The second-order valence-electron chi connectivity index (χ2n) is 3.05. The van der Waals surface area contributed by atoms with E-state index >= 15 is 0 Å². The lowest BCUT2D eigenvalue weighted by molar-refractivity contribution is 0.0128. The monoisotopic (exact) mass is 178 g/mol. The van der Waals surface area contributed by atoms with Crippen molar-refractivity contribution >= 4 is 6.08 Å². The van der Waals surface area contributed by atoms with Crippen LogP contribution in [0.1, 0.15) is 12.5 Å². The molecule has 0 amide bonds. The van der Waals surface area contributed by atoms with E-state index in [1.165, 1.54) is 0 Å². The normalized spacial score (nSPS) is 20.2. The molecule has 1 aromatic carbocycles. The van der Waals surface area contributed by atoms with Crippen molar-refractivity contribution in [2.75, 3.05) is 0 Å². The first-order chi connectivity index (χ1) is 6.18. The molecule has 2 N–H and O–H groups in total. The first kappa shape index (κ1) is 8.13. The summed E-state index contributed by atoms with van der Waals surface area (Å²) in [5, 5.41) is 18.8. The van der Waals surface area contributed by atoms with Crippen LogP contribution in [0.3, 0.4) is 0 Å². The summed E-state index contributed by atoms with van der Waals surface area (Å²) >= 11 is 0. The van der Waals surface area contributed by atoms with E-state index < -0.39 is 6.29 Å². The number of aliphatic hydroxyl groups excluding tert-OH is 1. The third-order valence-electron chi connectivity index (χ3n) is 2.04. The van der Waals surface area contributed by atoms with Crippen LogP contribution in [0.25, 0.3) is 6.08 Å². The summed E-state index contributed by atoms with van der Waals surface area (Å²) in [5.74, 6) is 0.682. The molecular weight excluding hydrogens is 168 g/mol. The SMILES string of the molecule is CC1=Cc2c(O)cccc2OC1O. The lowest BCUT2D eigenvalue weighted by Crippen LogP contribution is -2.20. The van der Waals surface area contributed by atoms with Crippen LogP contribution in [0.4, 0.5) is 0 Å². The summed E-state index contributed by atoms with van der Waals surface area (Å²) in [6, 6.07) is 4.97. The Morgan fingerprint density at radius 3 is 2.92 bits per heavy atom. The van der Waals surface area contributed by atoms with Crippen molar-refractivity contribution in [2.24, 2.45) is 0 Å². The van der Waals surface area contributed by atoms with Crippen molar-refractivity contribution in [1.82, 2.24) is 0 Å². The molecule has 13 heavy (non-hydrogen) atoms. The third kappa shape index (κ3) is 1.27. The third-order valence-corrected chi connectivity index (χ3v) is 2.04. The highest BCUT2D eigenvalue weighted by atomic mass is 16.6. The highest BCUT2D eigenvalue weighted by Gasteiger charge is 2.18. The average Bonchev–Trinajstić information content (AvgIpc) is 2.09. The van der Waals surface area contributed by atoms with Gasteiger partial charge in [-0.1, -0.05) is 6.07 Å². The number of hydrogen-bond donors (Lipinski definition) is 2. The van der Waals surface area contributed by atoms with E-state index in [9.17, 15) is 10.2 Å². The molecule has 3 nitrogen and oxygen atoms in total. The summed E-state index contributed by atoms with van der Waals surface area (Å²) in [5.41, 5.74) is 1.32. The lowest BCUT2D eigenvalue weighted by atomic mass is 10.1. The zero-order valence-electron chi connectivity index (χ0n) is 7.19. The second-order valence-corrected chi connectivity index (χ2v) is 3.05. The number of ether oxygens (including phenoxy) is 1. The minimum atomic E-state index is -0.894.